The van der Waals surface area contributed by atoms with Crippen molar-refractivity contribution in [2.24, 2.45) is 7.05 Å². The Labute approximate surface area is 123 Å². The van der Waals surface area contributed by atoms with Gasteiger partial charge in [-0.2, -0.15) is 8.42 Å². The van der Waals surface area contributed by atoms with Gasteiger partial charge in [-0.15, -0.1) is 0 Å². The molecule has 0 bridgehead atoms. The summed E-state index contributed by atoms with van der Waals surface area (Å²) >= 11 is 0. The molecule has 3 rings (SSSR count). The molecule has 6 nitrogen and oxygen atoms in total. The van der Waals surface area contributed by atoms with Gasteiger partial charge in [0, 0.05) is 25.4 Å². The molecule has 1 aliphatic rings. The number of hydrogen-bond donors (Lipinski definition) is 1. The first kappa shape index (κ1) is 14.1. The van der Waals surface area contributed by atoms with E-state index in [0.29, 0.717) is 30.6 Å². The van der Waals surface area contributed by atoms with Crippen molar-refractivity contribution in [3.8, 4) is 0 Å². The normalized spacial score (nSPS) is 19.1. The van der Waals surface area contributed by atoms with E-state index in [2.05, 4.69) is 4.98 Å². The lowest BCUT2D eigenvalue weighted by molar-refractivity contribution is 0.168. The fourth-order valence-corrected chi connectivity index (χ4v) is 4.09. The van der Waals surface area contributed by atoms with Crippen LogP contribution in [0.25, 0.3) is 0 Å². The van der Waals surface area contributed by atoms with Crippen LogP contribution in [0.15, 0.2) is 41.8 Å². The first-order valence-corrected chi connectivity index (χ1v) is 8.22. The summed E-state index contributed by atoms with van der Waals surface area (Å²) in [5.41, 5.74) is 1.18. The van der Waals surface area contributed by atoms with E-state index < -0.39 is 16.1 Å². The Balaban J connectivity index is 2.12. The standard InChI is InChI=1S/C14H17N3O3S/c1-16-9-14(15-10-16)21(19,20)17-8-4-7-13(18)11-5-2-3-6-12(11)17/h2-3,5-6,9-10,13,18H,4,7-8H2,1H3. The molecule has 1 unspecified atom stereocenters. The maximum Gasteiger partial charge on any atom is 0.283 e. The van der Waals surface area contributed by atoms with Gasteiger partial charge in [-0.25, -0.2) is 4.98 Å². The maximum atomic E-state index is 12.8. The minimum atomic E-state index is -3.71. The highest BCUT2D eigenvalue weighted by Crippen LogP contribution is 2.35. The van der Waals surface area contributed by atoms with E-state index >= 15 is 0 Å². The second-order valence-electron chi connectivity index (χ2n) is 5.17. The van der Waals surface area contributed by atoms with Gasteiger partial charge < -0.3 is 9.67 Å². The lowest BCUT2D eigenvalue weighted by Gasteiger charge is -2.23. The highest BCUT2D eigenvalue weighted by molar-refractivity contribution is 7.92. The third kappa shape index (κ3) is 2.43. The van der Waals surface area contributed by atoms with Crippen LogP contribution in [-0.4, -0.2) is 29.6 Å². The van der Waals surface area contributed by atoms with Crippen LogP contribution >= 0.6 is 0 Å². The summed E-state index contributed by atoms with van der Waals surface area (Å²) in [5, 5.41) is 10.2. The summed E-state index contributed by atoms with van der Waals surface area (Å²) in [7, 11) is -1.98. The molecule has 112 valence electrons. The zero-order chi connectivity index (χ0) is 15.0. The molecule has 1 aromatic heterocycles. The van der Waals surface area contributed by atoms with Crippen LogP contribution in [-0.2, 0) is 17.1 Å². The van der Waals surface area contributed by atoms with Gasteiger partial charge in [0.05, 0.1) is 18.1 Å². The number of para-hydroxylation sites is 1. The third-order valence-electron chi connectivity index (χ3n) is 3.64. The van der Waals surface area contributed by atoms with Gasteiger partial charge in [0.25, 0.3) is 10.0 Å². The number of sulfonamides is 1. The second kappa shape index (κ2) is 5.16. The van der Waals surface area contributed by atoms with Crippen LogP contribution in [0, 0.1) is 0 Å². The summed E-state index contributed by atoms with van der Waals surface area (Å²) in [6.07, 6.45) is 3.46. The predicted octanol–water partition coefficient (Wildman–Crippen LogP) is 1.44. The van der Waals surface area contributed by atoms with Crippen LogP contribution in [0.4, 0.5) is 5.69 Å². The number of aliphatic hydroxyl groups excluding tert-OH is 1. The van der Waals surface area contributed by atoms with Gasteiger partial charge in [-0.1, -0.05) is 18.2 Å². The van der Waals surface area contributed by atoms with Gasteiger partial charge in [0.1, 0.15) is 0 Å². The molecule has 1 N–H and O–H groups in total. The number of aromatic nitrogens is 2. The highest BCUT2D eigenvalue weighted by Gasteiger charge is 2.31. The Morgan fingerprint density at radius 3 is 2.81 bits per heavy atom. The van der Waals surface area contributed by atoms with Crippen molar-refractivity contribution in [3.05, 3.63) is 42.4 Å². The summed E-state index contributed by atoms with van der Waals surface area (Å²) < 4.78 is 28.5. The van der Waals surface area contributed by atoms with Crippen molar-refractivity contribution in [2.45, 2.75) is 24.0 Å². The molecule has 0 amide bonds. The molecule has 7 heteroatoms. The zero-order valence-corrected chi connectivity index (χ0v) is 12.5. The Bertz CT molecular complexity index is 754. The van der Waals surface area contributed by atoms with Crippen LogP contribution in [0.1, 0.15) is 24.5 Å². The van der Waals surface area contributed by atoms with Gasteiger partial charge in [0.2, 0.25) is 0 Å². The smallest absolute Gasteiger partial charge is 0.283 e. The van der Waals surface area contributed by atoms with Gasteiger partial charge in [-0.05, 0) is 18.9 Å². The first-order valence-electron chi connectivity index (χ1n) is 6.78. The number of fused-ring (bicyclic) bond motifs is 1. The van der Waals surface area contributed by atoms with E-state index in [-0.39, 0.29) is 5.03 Å². The molecule has 21 heavy (non-hydrogen) atoms. The number of imidazole rings is 1. The van der Waals surface area contributed by atoms with Crippen molar-refractivity contribution in [1.82, 2.24) is 9.55 Å². The van der Waals surface area contributed by atoms with Crippen LogP contribution in [0.2, 0.25) is 0 Å². The van der Waals surface area contributed by atoms with Crippen LogP contribution in [0.3, 0.4) is 0 Å². The lowest BCUT2D eigenvalue weighted by atomic mass is 10.1. The topological polar surface area (TPSA) is 75.4 Å². The second-order valence-corrected chi connectivity index (χ2v) is 6.98. The summed E-state index contributed by atoms with van der Waals surface area (Å²) in [6, 6.07) is 7.08. The SMILES string of the molecule is Cn1cnc(S(=O)(=O)N2CCCC(O)c3ccccc32)c1. The molecule has 0 radical (unpaired) electrons. The van der Waals surface area contributed by atoms with Crippen LogP contribution in [0.5, 0.6) is 0 Å². The van der Waals surface area contributed by atoms with E-state index in [1.807, 2.05) is 0 Å². The summed E-state index contributed by atoms with van der Waals surface area (Å²) in [4.78, 5) is 3.96. The minimum Gasteiger partial charge on any atom is -0.388 e. The van der Waals surface area contributed by atoms with Crippen molar-refractivity contribution in [2.75, 3.05) is 10.8 Å². The van der Waals surface area contributed by atoms with E-state index in [0.717, 1.165) is 0 Å². The van der Waals surface area contributed by atoms with Crippen molar-refractivity contribution in [3.63, 3.8) is 0 Å². The zero-order valence-electron chi connectivity index (χ0n) is 11.7. The van der Waals surface area contributed by atoms with E-state index in [4.69, 9.17) is 0 Å². The molecule has 0 fully saturated rings. The van der Waals surface area contributed by atoms with Crippen molar-refractivity contribution in [1.29, 1.82) is 0 Å². The first-order chi connectivity index (χ1) is 10.00. The number of aryl methyl sites for hydroxylation is 1. The number of benzene rings is 1. The average molecular weight is 307 g/mol. The summed E-state index contributed by atoms with van der Waals surface area (Å²) in [5.74, 6) is 0. The molecule has 1 aromatic carbocycles. The molecular weight excluding hydrogens is 290 g/mol. The van der Waals surface area contributed by atoms with Gasteiger partial charge >= 0.3 is 0 Å². The van der Waals surface area contributed by atoms with E-state index in [1.165, 1.54) is 16.8 Å². The number of nitrogens with zero attached hydrogens (tertiary/aromatic N) is 3. The maximum absolute atomic E-state index is 12.8. The Morgan fingerprint density at radius 1 is 1.33 bits per heavy atom. The molecular formula is C14H17N3O3S. The molecule has 2 aromatic rings. The number of rotatable bonds is 2. The fourth-order valence-electron chi connectivity index (χ4n) is 2.59. The molecule has 0 saturated heterocycles. The molecule has 0 aliphatic carbocycles. The Morgan fingerprint density at radius 2 is 2.10 bits per heavy atom. The molecule has 1 aliphatic heterocycles. The van der Waals surface area contributed by atoms with Gasteiger partial charge in [0.15, 0.2) is 5.03 Å². The largest absolute Gasteiger partial charge is 0.388 e. The molecule has 0 spiro atoms. The minimum absolute atomic E-state index is 0.0243. The quantitative estimate of drug-likeness (QED) is 0.911. The highest BCUT2D eigenvalue weighted by atomic mass is 32.2. The fraction of sp³-hybridized carbons (Fsp3) is 0.357. The average Bonchev–Trinajstić information content (AvgIpc) is 2.83. The number of hydrogen-bond acceptors (Lipinski definition) is 4. The number of aliphatic hydroxyl groups is 1. The predicted molar refractivity (Wildman–Crippen MR) is 78.4 cm³/mol. The Kier molecular flexibility index (Phi) is 3.46. The van der Waals surface area contributed by atoms with Crippen LogP contribution < -0.4 is 4.31 Å². The number of anilines is 1. The lowest BCUT2D eigenvalue weighted by Crippen LogP contribution is -2.32. The van der Waals surface area contributed by atoms with Gasteiger partial charge in [-0.3, -0.25) is 4.31 Å². The Hall–Kier alpha value is -1.86. The molecule has 2 heterocycles. The van der Waals surface area contributed by atoms with E-state index in [9.17, 15) is 13.5 Å². The monoisotopic (exact) mass is 307 g/mol. The van der Waals surface area contributed by atoms with Crippen molar-refractivity contribution < 1.29 is 13.5 Å². The van der Waals surface area contributed by atoms with E-state index in [1.54, 1.807) is 35.9 Å². The van der Waals surface area contributed by atoms with Crippen molar-refractivity contribution >= 4 is 15.7 Å². The summed E-state index contributed by atoms with van der Waals surface area (Å²) in [6.45, 7) is 0.340. The molecule has 0 saturated carbocycles. The third-order valence-corrected chi connectivity index (χ3v) is 5.34. The molecule has 1 atom stereocenters.